The lowest BCUT2D eigenvalue weighted by atomic mass is 10.2. The number of nitrogens with zero attached hydrogens (tertiary/aromatic N) is 2. The van der Waals surface area contributed by atoms with Gasteiger partial charge in [0.1, 0.15) is 5.82 Å². The van der Waals surface area contributed by atoms with Crippen LogP contribution in [0.5, 0.6) is 5.75 Å². The van der Waals surface area contributed by atoms with Gasteiger partial charge in [0.2, 0.25) is 0 Å². The Bertz CT molecular complexity index is 546. The first-order valence-electron chi connectivity index (χ1n) is 5.54. The van der Waals surface area contributed by atoms with Crippen LogP contribution in [0, 0.1) is 12.7 Å². The maximum absolute atomic E-state index is 13.3. The average molecular weight is 234 g/mol. The van der Waals surface area contributed by atoms with Crippen molar-refractivity contribution < 1.29 is 9.50 Å². The van der Waals surface area contributed by atoms with E-state index in [-0.39, 0.29) is 5.75 Å². The number of rotatable bonds is 2. The lowest BCUT2D eigenvalue weighted by Gasteiger charge is -2.05. The molecule has 2 aromatic rings. The average Bonchev–Trinajstić information content (AvgIpc) is 2.65. The first kappa shape index (κ1) is 11.6. The van der Waals surface area contributed by atoms with Crippen LogP contribution >= 0.6 is 0 Å². The van der Waals surface area contributed by atoms with Gasteiger partial charge in [-0.05, 0) is 25.0 Å². The van der Waals surface area contributed by atoms with E-state index in [0.29, 0.717) is 11.6 Å². The van der Waals surface area contributed by atoms with E-state index in [9.17, 15) is 4.39 Å². The highest BCUT2D eigenvalue weighted by Crippen LogP contribution is 2.22. The van der Waals surface area contributed by atoms with Crippen LogP contribution in [0.4, 0.5) is 4.39 Å². The minimum Gasteiger partial charge on any atom is -0.505 e. The highest BCUT2D eigenvalue weighted by molar-refractivity contribution is 5.39. The maximum Gasteiger partial charge on any atom is 0.166 e. The number of aromatic hydroxyl groups is 1. The topological polar surface area (TPSA) is 38.0 Å². The van der Waals surface area contributed by atoms with Gasteiger partial charge in [-0.15, -0.1) is 0 Å². The second-order valence-electron chi connectivity index (χ2n) is 4.37. The molecule has 1 heterocycles. The lowest BCUT2D eigenvalue weighted by Crippen LogP contribution is -1.95. The van der Waals surface area contributed by atoms with Crippen molar-refractivity contribution in [3.05, 3.63) is 41.7 Å². The Balaban J connectivity index is 2.49. The highest BCUT2D eigenvalue weighted by Gasteiger charge is 2.10. The van der Waals surface area contributed by atoms with Gasteiger partial charge in [-0.1, -0.05) is 13.8 Å². The molecule has 0 atom stereocenters. The number of imidazole rings is 1. The summed E-state index contributed by atoms with van der Waals surface area (Å²) in [5, 5.41) is 9.15. The molecule has 90 valence electrons. The fourth-order valence-electron chi connectivity index (χ4n) is 1.68. The number of phenols is 1. The Morgan fingerprint density at radius 2 is 2.06 bits per heavy atom. The van der Waals surface area contributed by atoms with E-state index in [1.807, 2.05) is 17.7 Å². The molecule has 0 amide bonds. The quantitative estimate of drug-likeness (QED) is 0.866. The molecule has 0 saturated heterocycles. The van der Waals surface area contributed by atoms with Crippen molar-refractivity contribution in [3.8, 4) is 11.4 Å². The monoisotopic (exact) mass is 234 g/mol. The van der Waals surface area contributed by atoms with Crippen LogP contribution in [0.1, 0.15) is 31.3 Å². The third-order valence-corrected chi connectivity index (χ3v) is 2.70. The van der Waals surface area contributed by atoms with Gasteiger partial charge in [0, 0.05) is 18.0 Å². The van der Waals surface area contributed by atoms with Gasteiger partial charge in [0.15, 0.2) is 11.6 Å². The van der Waals surface area contributed by atoms with Crippen LogP contribution in [0.2, 0.25) is 0 Å². The number of aryl methyl sites for hydroxylation is 1. The van der Waals surface area contributed by atoms with Crippen molar-refractivity contribution in [3.63, 3.8) is 0 Å². The van der Waals surface area contributed by atoms with E-state index in [1.165, 1.54) is 12.1 Å². The molecule has 3 nitrogen and oxygen atoms in total. The fourth-order valence-corrected chi connectivity index (χ4v) is 1.68. The van der Waals surface area contributed by atoms with Crippen molar-refractivity contribution in [1.82, 2.24) is 9.55 Å². The van der Waals surface area contributed by atoms with Crippen LogP contribution in [-0.4, -0.2) is 14.7 Å². The van der Waals surface area contributed by atoms with Crippen molar-refractivity contribution in [2.45, 2.75) is 26.7 Å². The molecule has 0 aliphatic heterocycles. The Hall–Kier alpha value is -1.84. The van der Waals surface area contributed by atoms with Crippen LogP contribution in [0.15, 0.2) is 24.4 Å². The minimum atomic E-state index is -0.623. The Morgan fingerprint density at radius 3 is 2.59 bits per heavy atom. The van der Waals surface area contributed by atoms with E-state index in [0.717, 1.165) is 11.5 Å². The molecule has 0 unspecified atom stereocenters. The number of hydrogen-bond acceptors (Lipinski definition) is 2. The Morgan fingerprint density at radius 1 is 1.35 bits per heavy atom. The fraction of sp³-hybridized carbons (Fsp3) is 0.308. The third kappa shape index (κ3) is 2.16. The van der Waals surface area contributed by atoms with Crippen LogP contribution in [0.3, 0.4) is 0 Å². The zero-order valence-corrected chi connectivity index (χ0v) is 10.1. The predicted octanol–water partition coefficient (Wildman–Crippen LogP) is 3.15. The molecule has 0 saturated carbocycles. The van der Waals surface area contributed by atoms with E-state index in [2.05, 4.69) is 18.8 Å². The second-order valence-corrected chi connectivity index (χ2v) is 4.37. The van der Waals surface area contributed by atoms with Gasteiger partial charge in [0.05, 0.1) is 5.69 Å². The van der Waals surface area contributed by atoms with Crippen LogP contribution in [-0.2, 0) is 0 Å². The highest BCUT2D eigenvalue weighted by atomic mass is 19.1. The summed E-state index contributed by atoms with van der Waals surface area (Å²) in [6, 6.07) is 4.31. The standard InChI is InChI=1S/C13H15FN2O/c1-8(2)12-7-16(9(3)15-12)10-4-5-13(17)11(14)6-10/h4-8,17H,1-3H3. The molecule has 0 aliphatic carbocycles. The molecule has 1 aromatic heterocycles. The normalized spacial score (nSPS) is 11.1. The van der Waals surface area contributed by atoms with Gasteiger partial charge in [0.25, 0.3) is 0 Å². The van der Waals surface area contributed by atoms with Crippen molar-refractivity contribution in [1.29, 1.82) is 0 Å². The molecular formula is C13H15FN2O. The molecule has 0 bridgehead atoms. The van der Waals surface area contributed by atoms with Gasteiger partial charge >= 0.3 is 0 Å². The molecule has 4 heteroatoms. The largest absolute Gasteiger partial charge is 0.505 e. The van der Waals surface area contributed by atoms with Gasteiger partial charge < -0.3 is 9.67 Å². The molecule has 17 heavy (non-hydrogen) atoms. The van der Waals surface area contributed by atoms with E-state index in [4.69, 9.17) is 5.11 Å². The van der Waals surface area contributed by atoms with E-state index < -0.39 is 5.82 Å². The lowest BCUT2D eigenvalue weighted by molar-refractivity contribution is 0.432. The summed E-state index contributed by atoms with van der Waals surface area (Å²) in [6.07, 6.45) is 1.89. The van der Waals surface area contributed by atoms with Crippen LogP contribution in [0.25, 0.3) is 5.69 Å². The van der Waals surface area contributed by atoms with E-state index >= 15 is 0 Å². The van der Waals surface area contributed by atoms with Crippen molar-refractivity contribution >= 4 is 0 Å². The molecule has 0 spiro atoms. The van der Waals surface area contributed by atoms with Gasteiger partial charge in [-0.2, -0.15) is 0 Å². The predicted molar refractivity (Wildman–Crippen MR) is 64.0 cm³/mol. The van der Waals surface area contributed by atoms with Crippen LogP contribution < -0.4 is 0 Å². The second kappa shape index (κ2) is 4.20. The third-order valence-electron chi connectivity index (χ3n) is 2.70. The first-order valence-corrected chi connectivity index (χ1v) is 5.54. The molecule has 1 N–H and O–H groups in total. The number of aromatic nitrogens is 2. The zero-order valence-electron chi connectivity index (χ0n) is 10.1. The van der Waals surface area contributed by atoms with Gasteiger partial charge in [-0.25, -0.2) is 9.37 Å². The number of phenolic OH excluding ortho intramolecular Hbond substituents is 1. The molecule has 1 aromatic carbocycles. The summed E-state index contributed by atoms with van der Waals surface area (Å²) in [5.74, 6) is 0.174. The summed E-state index contributed by atoms with van der Waals surface area (Å²) in [6.45, 7) is 5.99. The maximum atomic E-state index is 13.3. The number of halogens is 1. The summed E-state index contributed by atoms with van der Waals surface area (Å²) >= 11 is 0. The summed E-state index contributed by atoms with van der Waals surface area (Å²) in [4.78, 5) is 4.42. The summed E-state index contributed by atoms with van der Waals surface area (Å²) < 4.78 is 15.1. The molecule has 2 rings (SSSR count). The molecule has 0 fully saturated rings. The molecular weight excluding hydrogens is 219 g/mol. The molecule has 0 radical (unpaired) electrons. The van der Waals surface area contributed by atoms with Gasteiger partial charge in [-0.3, -0.25) is 0 Å². The van der Waals surface area contributed by atoms with Crippen molar-refractivity contribution in [2.24, 2.45) is 0 Å². The zero-order chi connectivity index (χ0) is 12.6. The summed E-state index contributed by atoms with van der Waals surface area (Å²) in [7, 11) is 0. The summed E-state index contributed by atoms with van der Waals surface area (Å²) in [5.41, 5.74) is 1.63. The first-order chi connectivity index (χ1) is 7.99. The smallest absolute Gasteiger partial charge is 0.166 e. The van der Waals surface area contributed by atoms with Crippen molar-refractivity contribution in [2.75, 3.05) is 0 Å². The Labute approximate surface area is 99.5 Å². The number of hydrogen-bond donors (Lipinski definition) is 1. The molecule has 0 aliphatic rings. The van der Waals surface area contributed by atoms with E-state index in [1.54, 1.807) is 6.07 Å². The Kier molecular flexibility index (Phi) is 2.88. The number of benzene rings is 1. The SMILES string of the molecule is Cc1nc(C(C)C)cn1-c1ccc(O)c(F)c1. The minimum absolute atomic E-state index is 0.330.